The number of carbonyl (C=O) groups excluding carboxylic acids is 1. The van der Waals surface area contributed by atoms with Gasteiger partial charge in [-0.1, -0.05) is 11.2 Å². The van der Waals surface area contributed by atoms with E-state index in [0.717, 1.165) is 0 Å². The third kappa shape index (κ3) is 3.91. The van der Waals surface area contributed by atoms with Crippen LogP contribution in [0.3, 0.4) is 0 Å². The molecule has 7 nitrogen and oxygen atoms in total. The van der Waals surface area contributed by atoms with Crippen LogP contribution >= 0.6 is 0 Å². The van der Waals surface area contributed by atoms with E-state index in [0.29, 0.717) is 0 Å². The van der Waals surface area contributed by atoms with Gasteiger partial charge in [0.05, 0.1) is 0 Å². The fourth-order valence-corrected chi connectivity index (χ4v) is 1.02. The zero-order valence-electron chi connectivity index (χ0n) is 8.79. The minimum atomic E-state index is -1.01. The summed E-state index contributed by atoms with van der Waals surface area (Å²) < 4.78 is 0. The molecule has 0 heterocycles. The van der Waals surface area contributed by atoms with Crippen molar-refractivity contribution in [2.24, 2.45) is 10.9 Å². The lowest BCUT2D eigenvalue weighted by Crippen LogP contribution is -2.26. The summed E-state index contributed by atoms with van der Waals surface area (Å²) >= 11 is 0. The summed E-state index contributed by atoms with van der Waals surface area (Å²) in [5.41, 5.74) is 4.74. The van der Waals surface area contributed by atoms with Gasteiger partial charge in [-0.2, -0.15) is 0 Å². The van der Waals surface area contributed by atoms with Gasteiger partial charge in [-0.05, 0) is 18.1 Å². The number of carbonyl (C=O) groups is 1. The standard InChI is InChI=1S/C9H13N3O4/c1-3-4-7(5-6(2)12(15)16)8(11-14)9(10)13/h3,5-6,14H,1,4H2,2H3,(H2,10,13). The van der Waals surface area contributed by atoms with Crippen molar-refractivity contribution in [3.63, 3.8) is 0 Å². The van der Waals surface area contributed by atoms with Crippen LogP contribution in [-0.4, -0.2) is 27.8 Å². The molecule has 0 aromatic heterocycles. The third-order valence-corrected chi connectivity index (χ3v) is 1.78. The molecule has 0 spiro atoms. The molecule has 0 aliphatic heterocycles. The molecule has 1 amide bonds. The van der Waals surface area contributed by atoms with Gasteiger partial charge in [0.15, 0.2) is 5.71 Å². The molecule has 0 saturated carbocycles. The quantitative estimate of drug-likeness (QED) is 0.225. The van der Waals surface area contributed by atoms with Crippen molar-refractivity contribution < 1.29 is 14.9 Å². The molecule has 1 atom stereocenters. The maximum Gasteiger partial charge on any atom is 0.271 e. The van der Waals surface area contributed by atoms with Gasteiger partial charge in [0.1, 0.15) is 0 Å². The smallest absolute Gasteiger partial charge is 0.271 e. The fraction of sp³-hybridized carbons (Fsp3) is 0.333. The predicted octanol–water partition coefficient (Wildman–Crippen LogP) is 0.470. The number of nitro groups is 1. The monoisotopic (exact) mass is 227 g/mol. The van der Waals surface area contributed by atoms with Gasteiger partial charge in [0.2, 0.25) is 6.04 Å². The van der Waals surface area contributed by atoms with E-state index in [4.69, 9.17) is 10.9 Å². The van der Waals surface area contributed by atoms with E-state index in [1.54, 1.807) is 0 Å². The van der Waals surface area contributed by atoms with Crippen molar-refractivity contribution in [2.45, 2.75) is 19.4 Å². The molecule has 7 heteroatoms. The number of nitrogens with two attached hydrogens (primary N) is 1. The van der Waals surface area contributed by atoms with Crippen LogP contribution in [0.4, 0.5) is 0 Å². The van der Waals surface area contributed by atoms with E-state index in [1.807, 2.05) is 0 Å². The predicted molar refractivity (Wildman–Crippen MR) is 57.8 cm³/mol. The van der Waals surface area contributed by atoms with Crippen molar-refractivity contribution in [1.82, 2.24) is 0 Å². The highest BCUT2D eigenvalue weighted by atomic mass is 16.6. The molecule has 3 N–H and O–H groups in total. The molecule has 0 fully saturated rings. The van der Waals surface area contributed by atoms with Gasteiger partial charge in [-0.25, -0.2) is 0 Å². The van der Waals surface area contributed by atoms with Crippen LogP contribution in [0.5, 0.6) is 0 Å². The van der Waals surface area contributed by atoms with E-state index in [2.05, 4.69) is 11.7 Å². The number of rotatable bonds is 6. The highest BCUT2D eigenvalue weighted by Crippen LogP contribution is 2.08. The maximum absolute atomic E-state index is 10.9. The van der Waals surface area contributed by atoms with Crippen LogP contribution in [0.25, 0.3) is 0 Å². The second-order valence-electron chi connectivity index (χ2n) is 3.02. The zero-order chi connectivity index (χ0) is 12.7. The van der Waals surface area contributed by atoms with Crippen LogP contribution in [0.2, 0.25) is 0 Å². The Morgan fingerprint density at radius 2 is 2.31 bits per heavy atom. The number of primary amides is 1. The number of nitrogens with zero attached hydrogens (tertiary/aromatic N) is 2. The van der Waals surface area contributed by atoms with E-state index < -0.39 is 22.6 Å². The molecule has 0 aromatic rings. The maximum atomic E-state index is 10.9. The SMILES string of the molecule is C=CCC(=CC(C)[N+](=O)[O-])C(=NO)C(N)=O. The molecular weight excluding hydrogens is 214 g/mol. The molecule has 0 aromatic carbocycles. The molecule has 1 unspecified atom stereocenters. The summed E-state index contributed by atoms with van der Waals surface area (Å²) in [6.07, 6.45) is 2.77. The summed E-state index contributed by atoms with van der Waals surface area (Å²) in [4.78, 5) is 20.8. The Labute approximate surface area is 92.1 Å². The lowest BCUT2D eigenvalue weighted by Gasteiger charge is -2.05. The average Bonchev–Trinajstić information content (AvgIpc) is 2.18. The van der Waals surface area contributed by atoms with Crippen LogP contribution < -0.4 is 5.73 Å². The summed E-state index contributed by atoms with van der Waals surface area (Å²) in [6.45, 7) is 4.76. The van der Waals surface area contributed by atoms with Crippen molar-refractivity contribution in [2.75, 3.05) is 0 Å². The van der Waals surface area contributed by atoms with E-state index in [9.17, 15) is 14.9 Å². The van der Waals surface area contributed by atoms with Gasteiger partial charge in [0.25, 0.3) is 5.91 Å². The number of allylic oxidation sites excluding steroid dienone is 1. The highest BCUT2D eigenvalue weighted by molar-refractivity contribution is 6.44. The topological polar surface area (TPSA) is 119 Å². The van der Waals surface area contributed by atoms with Gasteiger partial charge in [-0.15, -0.1) is 6.58 Å². The molecule has 0 aliphatic carbocycles. The molecule has 0 radical (unpaired) electrons. The lowest BCUT2D eigenvalue weighted by molar-refractivity contribution is -0.504. The molecule has 16 heavy (non-hydrogen) atoms. The summed E-state index contributed by atoms with van der Waals surface area (Å²) in [6, 6.07) is -1.01. The Hall–Kier alpha value is -2.18. The lowest BCUT2D eigenvalue weighted by atomic mass is 10.0. The Morgan fingerprint density at radius 3 is 2.62 bits per heavy atom. The number of oxime groups is 1. The Kier molecular flexibility index (Phi) is 5.47. The van der Waals surface area contributed by atoms with Gasteiger partial charge >= 0.3 is 0 Å². The Morgan fingerprint density at radius 1 is 1.75 bits per heavy atom. The second kappa shape index (κ2) is 6.33. The Balaban J connectivity index is 5.21. The van der Waals surface area contributed by atoms with Crippen molar-refractivity contribution >= 4 is 11.6 Å². The first-order chi connectivity index (χ1) is 7.43. The van der Waals surface area contributed by atoms with Crippen LogP contribution in [0.1, 0.15) is 13.3 Å². The van der Waals surface area contributed by atoms with Gasteiger partial charge < -0.3 is 10.9 Å². The summed E-state index contributed by atoms with van der Waals surface area (Å²) in [5.74, 6) is -0.953. The van der Waals surface area contributed by atoms with Crippen LogP contribution in [0.15, 0.2) is 29.5 Å². The molecule has 0 saturated heterocycles. The largest absolute Gasteiger partial charge is 0.410 e. The number of amides is 1. The molecule has 0 aliphatic rings. The first kappa shape index (κ1) is 13.8. The molecule has 0 bridgehead atoms. The second-order valence-corrected chi connectivity index (χ2v) is 3.02. The van der Waals surface area contributed by atoms with E-state index >= 15 is 0 Å². The third-order valence-electron chi connectivity index (χ3n) is 1.78. The molecule has 88 valence electrons. The average molecular weight is 227 g/mol. The normalized spacial score (nSPS) is 14.3. The highest BCUT2D eigenvalue weighted by Gasteiger charge is 2.17. The van der Waals surface area contributed by atoms with Crippen molar-refractivity contribution in [3.8, 4) is 0 Å². The fourth-order valence-electron chi connectivity index (χ4n) is 1.02. The molecular formula is C9H13N3O4. The van der Waals surface area contributed by atoms with Gasteiger partial charge in [0, 0.05) is 11.8 Å². The van der Waals surface area contributed by atoms with E-state index in [1.165, 1.54) is 19.1 Å². The number of hydrogen-bond acceptors (Lipinski definition) is 5. The first-order valence-corrected chi connectivity index (χ1v) is 4.41. The summed E-state index contributed by atoms with van der Waals surface area (Å²) in [5, 5.41) is 21.7. The summed E-state index contributed by atoms with van der Waals surface area (Å²) in [7, 11) is 0. The van der Waals surface area contributed by atoms with Crippen molar-refractivity contribution in [1.29, 1.82) is 0 Å². The van der Waals surface area contributed by atoms with Crippen LogP contribution in [-0.2, 0) is 4.79 Å². The molecule has 0 rings (SSSR count). The zero-order valence-corrected chi connectivity index (χ0v) is 8.79. The Bertz CT molecular complexity index is 360. The van der Waals surface area contributed by atoms with E-state index in [-0.39, 0.29) is 12.0 Å². The van der Waals surface area contributed by atoms with Crippen LogP contribution in [0, 0.1) is 10.1 Å². The van der Waals surface area contributed by atoms with Gasteiger partial charge in [-0.3, -0.25) is 14.9 Å². The number of hydrogen-bond donors (Lipinski definition) is 2. The first-order valence-electron chi connectivity index (χ1n) is 4.41. The minimum absolute atomic E-state index is 0.153. The van der Waals surface area contributed by atoms with Crippen molar-refractivity contribution in [3.05, 3.63) is 34.4 Å². The minimum Gasteiger partial charge on any atom is -0.410 e.